The molecule has 1 rings (SSSR count). The Labute approximate surface area is 97.2 Å². The predicted octanol–water partition coefficient (Wildman–Crippen LogP) is 2.64. The molecule has 3 heteroatoms. The van der Waals surface area contributed by atoms with Crippen molar-refractivity contribution in [2.24, 2.45) is 0 Å². The van der Waals surface area contributed by atoms with Crippen molar-refractivity contribution in [3.8, 4) is 12.3 Å². The molecule has 2 nitrogen and oxygen atoms in total. The van der Waals surface area contributed by atoms with E-state index in [1.165, 1.54) is 0 Å². The Kier molecular flexibility index (Phi) is 4.47. The van der Waals surface area contributed by atoms with Gasteiger partial charge in [0.15, 0.2) is 0 Å². The highest BCUT2D eigenvalue weighted by atomic mass is 127. The molecule has 0 bridgehead atoms. The van der Waals surface area contributed by atoms with E-state index in [1.807, 2.05) is 24.3 Å². The number of terminal acetylenes is 1. The Hall–Kier alpha value is -1.02. The van der Waals surface area contributed by atoms with E-state index in [0.717, 1.165) is 9.26 Å². The van der Waals surface area contributed by atoms with E-state index < -0.39 is 0 Å². The van der Waals surface area contributed by atoms with E-state index >= 15 is 0 Å². The van der Waals surface area contributed by atoms with Crippen LogP contribution >= 0.6 is 22.6 Å². The minimum absolute atomic E-state index is 0.0371. The second-order valence-electron chi connectivity index (χ2n) is 2.76. The topological polar surface area (TPSA) is 29.1 Å². The summed E-state index contributed by atoms with van der Waals surface area (Å²) in [6.45, 7) is 0. The lowest BCUT2D eigenvalue weighted by molar-refractivity contribution is -0.116. The summed E-state index contributed by atoms with van der Waals surface area (Å²) in [5.41, 5.74) is 0.818. The highest BCUT2D eigenvalue weighted by molar-refractivity contribution is 14.1. The van der Waals surface area contributed by atoms with E-state index in [9.17, 15) is 4.79 Å². The molecule has 72 valence electrons. The fourth-order valence-corrected chi connectivity index (χ4v) is 1.52. The Morgan fingerprint density at radius 2 is 2.36 bits per heavy atom. The quantitative estimate of drug-likeness (QED) is 0.675. The van der Waals surface area contributed by atoms with Crippen molar-refractivity contribution in [2.45, 2.75) is 12.8 Å². The van der Waals surface area contributed by atoms with Crippen LogP contribution in [-0.4, -0.2) is 5.91 Å². The van der Waals surface area contributed by atoms with Crippen LogP contribution in [0.3, 0.4) is 0 Å². The predicted molar refractivity (Wildman–Crippen MR) is 65.9 cm³/mol. The summed E-state index contributed by atoms with van der Waals surface area (Å²) in [6.07, 6.45) is 5.92. The third-order valence-electron chi connectivity index (χ3n) is 1.60. The zero-order chi connectivity index (χ0) is 10.4. The molecule has 0 fully saturated rings. The van der Waals surface area contributed by atoms with Gasteiger partial charge >= 0.3 is 0 Å². The molecule has 0 atom stereocenters. The summed E-state index contributed by atoms with van der Waals surface area (Å²) in [4.78, 5) is 11.3. The van der Waals surface area contributed by atoms with Crippen molar-refractivity contribution in [1.29, 1.82) is 0 Å². The van der Waals surface area contributed by atoms with Gasteiger partial charge < -0.3 is 5.32 Å². The zero-order valence-corrected chi connectivity index (χ0v) is 9.74. The minimum atomic E-state index is -0.0371. The van der Waals surface area contributed by atoms with Gasteiger partial charge in [-0.3, -0.25) is 4.79 Å². The molecular weight excluding hydrogens is 289 g/mol. The van der Waals surface area contributed by atoms with Gasteiger partial charge in [0.2, 0.25) is 5.91 Å². The summed E-state index contributed by atoms with van der Waals surface area (Å²) >= 11 is 2.20. The third-order valence-corrected chi connectivity index (χ3v) is 2.28. The maximum absolute atomic E-state index is 11.3. The molecule has 0 aliphatic heterocycles. The molecule has 0 radical (unpaired) electrons. The first kappa shape index (κ1) is 11.1. The van der Waals surface area contributed by atoms with Crippen molar-refractivity contribution in [2.75, 3.05) is 5.32 Å². The third kappa shape index (κ3) is 3.79. The number of hydrogen-bond donors (Lipinski definition) is 1. The highest BCUT2D eigenvalue weighted by Crippen LogP contribution is 2.12. The summed E-state index contributed by atoms with van der Waals surface area (Å²) in [5.74, 6) is 2.40. The van der Waals surface area contributed by atoms with Crippen LogP contribution in [0.5, 0.6) is 0 Å². The van der Waals surface area contributed by atoms with Crippen LogP contribution in [0.15, 0.2) is 24.3 Å². The van der Waals surface area contributed by atoms with Crippen molar-refractivity contribution in [3.05, 3.63) is 27.8 Å². The molecule has 0 aliphatic carbocycles. The van der Waals surface area contributed by atoms with Gasteiger partial charge in [0.1, 0.15) is 0 Å². The van der Waals surface area contributed by atoms with Crippen LogP contribution in [0.1, 0.15) is 12.8 Å². The second-order valence-corrected chi connectivity index (χ2v) is 4.01. The van der Waals surface area contributed by atoms with Gasteiger partial charge in [0, 0.05) is 22.1 Å². The van der Waals surface area contributed by atoms with Crippen molar-refractivity contribution in [3.63, 3.8) is 0 Å². The Bertz CT molecular complexity index is 368. The number of amides is 1. The summed E-state index contributed by atoms with van der Waals surface area (Å²) < 4.78 is 1.09. The molecule has 1 aromatic rings. The van der Waals surface area contributed by atoms with Crippen molar-refractivity contribution >= 4 is 34.2 Å². The fraction of sp³-hybridized carbons (Fsp3) is 0.182. The van der Waals surface area contributed by atoms with E-state index in [-0.39, 0.29) is 5.91 Å². The number of anilines is 1. The largest absolute Gasteiger partial charge is 0.326 e. The first-order valence-electron chi connectivity index (χ1n) is 4.21. The number of halogens is 1. The zero-order valence-electron chi connectivity index (χ0n) is 7.59. The molecular formula is C11H10INO. The van der Waals surface area contributed by atoms with Gasteiger partial charge in [-0.15, -0.1) is 12.3 Å². The van der Waals surface area contributed by atoms with Gasteiger partial charge in [-0.05, 0) is 40.8 Å². The van der Waals surface area contributed by atoms with Crippen LogP contribution < -0.4 is 5.32 Å². The molecule has 1 aromatic carbocycles. The number of carbonyl (C=O) groups is 1. The smallest absolute Gasteiger partial charge is 0.225 e. The number of nitrogens with one attached hydrogen (secondary N) is 1. The first-order valence-corrected chi connectivity index (χ1v) is 5.29. The minimum Gasteiger partial charge on any atom is -0.326 e. The van der Waals surface area contributed by atoms with Crippen LogP contribution in [0.2, 0.25) is 0 Å². The molecule has 1 amide bonds. The standard InChI is InChI=1S/C11H10INO/c1-2-3-7-11(14)13-10-6-4-5-9(12)8-10/h1,4-6,8H,3,7H2,(H,13,14). The SMILES string of the molecule is C#CCCC(=O)Nc1cccc(I)c1. The molecule has 0 heterocycles. The number of benzene rings is 1. The molecule has 0 aliphatic rings. The van der Waals surface area contributed by atoms with E-state index in [1.54, 1.807) is 0 Å². The maximum Gasteiger partial charge on any atom is 0.225 e. The monoisotopic (exact) mass is 299 g/mol. The summed E-state index contributed by atoms with van der Waals surface area (Å²) in [5, 5.41) is 2.78. The summed E-state index contributed by atoms with van der Waals surface area (Å²) in [6, 6.07) is 7.64. The van der Waals surface area contributed by atoms with Gasteiger partial charge in [-0.1, -0.05) is 6.07 Å². The summed E-state index contributed by atoms with van der Waals surface area (Å²) in [7, 11) is 0. The van der Waals surface area contributed by atoms with Gasteiger partial charge in [0.05, 0.1) is 0 Å². The first-order chi connectivity index (χ1) is 6.72. The molecule has 0 aromatic heterocycles. The Morgan fingerprint density at radius 3 is 3.00 bits per heavy atom. The lowest BCUT2D eigenvalue weighted by Crippen LogP contribution is -2.10. The van der Waals surface area contributed by atoms with Crippen molar-refractivity contribution in [1.82, 2.24) is 0 Å². The van der Waals surface area contributed by atoms with Gasteiger partial charge in [-0.2, -0.15) is 0 Å². The van der Waals surface area contributed by atoms with Crippen molar-refractivity contribution < 1.29 is 4.79 Å². The Balaban J connectivity index is 2.53. The number of hydrogen-bond acceptors (Lipinski definition) is 1. The molecule has 0 spiro atoms. The van der Waals surface area contributed by atoms with E-state index in [0.29, 0.717) is 12.8 Å². The highest BCUT2D eigenvalue weighted by Gasteiger charge is 2.00. The van der Waals surface area contributed by atoms with Gasteiger partial charge in [-0.25, -0.2) is 0 Å². The number of carbonyl (C=O) groups excluding carboxylic acids is 1. The van der Waals surface area contributed by atoms with E-state index in [4.69, 9.17) is 6.42 Å². The van der Waals surface area contributed by atoms with Crippen LogP contribution in [0.4, 0.5) is 5.69 Å². The normalized spacial score (nSPS) is 9.14. The molecule has 0 unspecified atom stereocenters. The van der Waals surface area contributed by atoms with Crippen LogP contribution in [-0.2, 0) is 4.79 Å². The van der Waals surface area contributed by atoms with Crippen LogP contribution in [0.25, 0.3) is 0 Å². The maximum atomic E-state index is 11.3. The number of rotatable bonds is 3. The van der Waals surface area contributed by atoms with Crippen LogP contribution in [0, 0.1) is 15.9 Å². The molecule has 14 heavy (non-hydrogen) atoms. The average Bonchev–Trinajstić information content (AvgIpc) is 2.15. The fourth-order valence-electron chi connectivity index (χ4n) is 0.975. The average molecular weight is 299 g/mol. The lowest BCUT2D eigenvalue weighted by atomic mass is 10.3. The lowest BCUT2D eigenvalue weighted by Gasteiger charge is -2.03. The molecule has 1 N–H and O–H groups in total. The second kappa shape index (κ2) is 5.66. The molecule has 0 saturated heterocycles. The molecule has 0 saturated carbocycles. The van der Waals surface area contributed by atoms with Gasteiger partial charge in [0.25, 0.3) is 0 Å². The Morgan fingerprint density at radius 1 is 1.57 bits per heavy atom. The van der Waals surface area contributed by atoms with E-state index in [2.05, 4.69) is 33.8 Å².